The van der Waals surface area contributed by atoms with Gasteiger partial charge in [-0.15, -0.1) is 13.2 Å². The molecule has 1 amide bonds. The Bertz CT molecular complexity index is 704. The Kier molecular flexibility index (Phi) is 4.83. The van der Waals surface area contributed by atoms with Crippen LogP contribution < -0.4 is 10.1 Å². The van der Waals surface area contributed by atoms with Crippen LogP contribution in [0.4, 0.5) is 13.2 Å². The van der Waals surface area contributed by atoms with Crippen molar-refractivity contribution in [1.82, 2.24) is 15.3 Å². The molecule has 2 rings (SSSR count). The van der Waals surface area contributed by atoms with E-state index in [1.54, 1.807) is 19.9 Å². The number of carbonyl (C=O) groups is 1. The number of amides is 1. The van der Waals surface area contributed by atoms with E-state index in [0.717, 1.165) is 0 Å². The van der Waals surface area contributed by atoms with Crippen LogP contribution >= 0.6 is 0 Å². The van der Waals surface area contributed by atoms with Crippen molar-refractivity contribution in [2.75, 3.05) is 0 Å². The van der Waals surface area contributed by atoms with Gasteiger partial charge in [0.25, 0.3) is 5.91 Å². The molecule has 0 bridgehead atoms. The van der Waals surface area contributed by atoms with Crippen LogP contribution in [-0.4, -0.2) is 22.2 Å². The van der Waals surface area contributed by atoms with Gasteiger partial charge in [0.1, 0.15) is 11.4 Å². The van der Waals surface area contributed by atoms with E-state index in [-0.39, 0.29) is 11.4 Å². The maximum Gasteiger partial charge on any atom is 0.573 e. The maximum atomic E-state index is 12.2. The monoisotopic (exact) mass is 325 g/mol. The van der Waals surface area contributed by atoms with Crippen LogP contribution in [0, 0.1) is 6.92 Å². The molecule has 1 unspecified atom stereocenters. The Balaban J connectivity index is 2.10. The number of hydrogen-bond donors (Lipinski definition) is 1. The normalized spacial score (nSPS) is 12.6. The van der Waals surface area contributed by atoms with E-state index in [2.05, 4.69) is 20.0 Å². The number of ether oxygens (including phenoxy) is 1. The van der Waals surface area contributed by atoms with Gasteiger partial charge >= 0.3 is 6.36 Å². The lowest BCUT2D eigenvalue weighted by Gasteiger charge is -2.16. The summed E-state index contributed by atoms with van der Waals surface area (Å²) < 4.78 is 40.6. The number of hydrogen-bond acceptors (Lipinski definition) is 4. The van der Waals surface area contributed by atoms with E-state index in [0.29, 0.717) is 11.3 Å². The predicted molar refractivity (Wildman–Crippen MR) is 75.8 cm³/mol. The summed E-state index contributed by atoms with van der Waals surface area (Å²) in [6, 6.07) is 4.90. The van der Waals surface area contributed by atoms with Crippen LogP contribution in [-0.2, 0) is 0 Å². The van der Waals surface area contributed by atoms with E-state index >= 15 is 0 Å². The minimum absolute atomic E-state index is 0.138. The summed E-state index contributed by atoms with van der Waals surface area (Å²) >= 11 is 0. The second-order valence-electron chi connectivity index (χ2n) is 4.86. The molecule has 5 nitrogen and oxygen atoms in total. The summed E-state index contributed by atoms with van der Waals surface area (Å²) in [7, 11) is 0. The molecule has 0 fully saturated rings. The number of benzene rings is 1. The van der Waals surface area contributed by atoms with E-state index in [1.165, 1.54) is 30.6 Å². The smallest absolute Gasteiger partial charge is 0.406 e. The molecule has 0 radical (unpaired) electrons. The molecule has 1 aromatic carbocycles. The zero-order valence-electron chi connectivity index (χ0n) is 12.4. The van der Waals surface area contributed by atoms with E-state index < -0.39 is 18.3 Å². The number of nitrogens with one attached hydrogen (secondary N) is 1. The minimum Gasteiger partial charge on any atom is -0.406 e. The fourth-order valence-electron chi connectivity index (χ4n) is 1.91. The standard InChI is InChI=1S/C15H14F3N3O2/c1-9-7-19-8-13(20-9)14(22)21-10(2)11-4-3-5-12(6-11)23-15(16,17)18/h3-8,10H,1-2H3,(H,21,22). The number of halogens is 3. The van der Waals surface area contributed by atoms with Gasteiger partial charge in [-0.05, 0) is 31.5 Å². The van der Waals surface area contributed by atoms with E-state index in [1.807, 2.05) is 0 Å². The van der Waals surface area contributed by atoms with Gasteiger partial charge in [-0.1, -0.05) is 12.1 Å². The van der Waals surface area contributed by atoms with E-state index in [9.17, 15) is 18.0 Å². The lowest BCUT2D eigenvalue weighted by molar-refractivity contribution is -0.274. The third kappa shape index (κ3) is 4.94. The van der Waals surface area contributed by atoms with Crippen molar-refractivity contribution < 1.29 is 22.7 Å². The number of alkyl halides is 3. The summed E-state index contributed by atoms with van der Waals surface area (Å²) in [5.41, 5.74) is 1.20. The van der Waals surface area contributed by atoms with Crippen molar-refractivity contribution in [3.63, 3.8) is 0 Å². The SMILES string of the molecule is Cc1cncc(C(=O)NC(C)c2cccc(OC(F)(F)F)c2)n1. The van der Waals surface area contributed by atoms with Gasteiger partial charge in [0, 0.05) is 6.20 Å². The maximum absolute atomic E-state index is 12.2. The summed E-state index contributed by atoms with van der Waals surface area (Å²) in [6.45, 7) is 3.35. The van der Waals surface area contributed by atoms with Crippen molar-refractivity contribution in [2.45, 2.75) is 26.3 Å². The average Bonchev–Trinajstić information content (AvgIpc) is 2.45. The molecule has 122 valence electrons. The summed E-state index contributed by atoms with van der Waals surface area (Å²) in [5.74, 6) is -0.803. The molecule has 23 heavy (non-hydrogen) atoms. The molecule has 8 heteroatoms. The fraction of sp³-hybridized carbons (Fsp3) is 0.267. The minimum atomic E-state index is -4.76. The Labute approximate surface area is 130 Å². The molecule has 2 aromatic rings. The van der Waals surface area contributed by atoms with Crippen molar-refractivity contribution in [1.29, 1.82) is 0 Å². The molecule has 1 heterocycles. The first-order chi connectivity index (χ1) is 10.7. The third-order valence-corrected chi connectivity index (χ3v) is 2.93. The summed E-state index contributed by atoms with van der Waals surface area (Å²) in [4.78, 5) is 20.0. The quantitative estimate of drug-likeness (QED) is 0.938. The topological polar surface area (TPSA) is 64.1 Å². The first-order valence-electron chi connectivity index (χ1n) is 6.70. The van der Waals surface area contributed by atoms with E-state index in [4.69, 9.17) is 0 Å². The van der Waals surface area contributed by atoms with Crippen LogP contribution in [0.2, 0.25) is 0 Å². The molecular weight excluding hydrogens is 311 g/mol. The lowest BCUT2D eigenvalue weighted by atomic mass is 10.1. The highest BCUT2D eigenvalue weighted by Crippen LogP contribution is 2.25. The Morgan fingerprint density at radius 1 is 1.30 bits per heavy atom. The highest BCUT2D eigenvalue weighted by molar-refractivity contribution is 5.92. The number of nitrogens with zero attached hydrogens (tertiary/aromatic N) is 2. The van der Waals surface area contributed by atoms with Gasteiger partial charge in [0.2, 0.25) is 0 Å². The molecule has 1 atom stereocenters. The first kappa shape index (κ1) is 16.7. The average molecular weight is 325 g/mol. The highest BCUT2D eigenvalue weighted by Gasteiger charge is 2.31. The number of rotatable bonds is 4. The van der Waals surface area contributed by atoms with Gasteiger partial charge < -0.3 is 10.1 Å². The predicted octanol–water partition coefficient (Wildman–Crippen LogP) is 3.17. The number of carbonyl (C=O) groups excluding carboxylic acids is 1. The van der Waals surface area contributed by atoms with Crippen LogP contribution in [0.1, 0.15) is 34.7 Å². The highest BCUT2D eigenvalue weighted by atomic mass is 19.4. The zero-order chi connectivity index (χ0) is 17.0. The van der Waals surface area contributed by atoms with Crippen molar-refractivity contribution >= 4 is 5.91 Å². The van der Waals surface area contributed by atoms with Crippen molar-refractivity contribution in [2.24, 2.45) is 0 Å². The van der Waals surface area contributed by atoms with Gasteiger partial charge in [0.05, 0.1) is 17.9 Å². The van der Waals surface area contributed by atoms with Gasteiger partial charge in [-0.2, -0.15) is 0 Å². The van der Waals surface area contributed by atoms with Crippen LogP contribution in [0.15, 0.2) is 36.7 Å². The summed E-state index contributed by atoms with van der Waals surface area (Å²) in [5, 5.41) is 2.65. The largest absolute Gasteiger partial charge is 0.573 e. The lowest BCUT2D eigenvalue weighted by Crippen LogP contribution is -2.27. The molecule has 0 aliphatic rings. The van der Waals surface area contributed by atoms with Crippen LogP contribution in [0.5, 0.6) is 5.75 Å². The van der Waals surface area contributed by atoms with Crippen molar-refractivity contribution in [3.05, 3.63) is 53.6 Å². The number of aromatic nitrogens is 2. The molecule has 0 aliphatic carbocycles. The molecule has 0 spiro atoms. The van der Waals surface area contributed by atoms with Gasteiger partial charge in [0.15, 0.2) is 0 Å². The first-order valence-corrected chi connectivity index (χ1v) is 6.70. The zero-order valence-corrected chi connectivity index (χ0v) is 12.4. The van der Waals surface area contributed by atoms with Crippen molar-refractivity contribution in [3.8, 4) is 5.75 Å². The second-order valence-corrected chi connectivity index (χ2v) is 4.86. The Hall–Kier alpha value is -2.64. The van der Waals surface area contributed by atoms with Gasteiger partial charge in [-0.3, -0.25) is 9.78 Å². The molecule has 0 saturated carbocycles. The second kappa shape index (κ2) is 6.64. The Morgan fingerprint density at radius 2 is 2.04 bits per heavy atom. The molecule has 0 saturated heterocycles. The van der Waals surface area contributed by atoms with Gasteiger partial charge in [-0.25, -0.2) is 4.98 Å². The fourth-order valence-corrected chi connectivity index (χ4v) is 1.91. The molecular formula is C15H14F3N3O2. The van der Waals surface area contributed by atoms with Crippen LogP contribution in [0.25, 0.3) is 0 Å². The third-order valence-electron chi connectivity index (χ3n) is 2.93. The summed E-state index contributed by atoms with van der Waals surface area (Å²) in [6.07, 6.45) is -1.93. The molecule has 1 aromatic heterocycles. The Morgan fingerprint density at radius 3 is 2.70 bits per heavy atom. The number of aryl methyl sites for hydroxylation is 1. The molecule has 1 N–H and O–H groups in total. The van der Waals surface area contributed by atoms with Crippen LogP contribution in [0.3, 0.4) is 0 Å². The molecule has 0 aliphatic heterocycles.